The number of furan rings is 1. The SMILES string of the molecule is O=C(NC(C(=O)NCc1ccco1)C1CCN(C(=O)C2CC2)CC1)c1ccc(F)cc1. The number of carbonyl (C=O) groups is 3. The number of halogens is 1. The Balaban J connectivity index is 1.42. The zero-order valence-corrected chi connectivity index (χ0v) is 17.2. The molecule has 2 fully saturated rings. The first-order valence-corrected chi connectivity index (χ1v) is 10.7. The van der Waals surface area contributed by atoms with Gasteiger partial charge in [-0.15, -0.1) is 0 Å². The Morgan fingerprint density at radius 3 is 2.39 bits per heavy atom. The summed E-state index contributed by atoms with van der Waals surface area (Å²) in [6, 6.07) is 7.94. The number of nitrogens with zero attached hydrogens (tertiary/aromatic N) is 1. The van der Waals surface area contributed by atoms with E-state index in [1.165, 1.54) is 30.5 Å². The molecule has 3 amide bonds. The van der Waals surface area contributed by atoms with Crippen molar-refractivity contribution in [1.29, 1.82) is 0 Å². The van der Waals surface area contributed by atoms with Gasteiger partial charge in [-0.1, -0.05) is 0 Å². The Hall–Kier alpha value is -3.16. The van der Waals surface area contributed by atoms with Crippen LogP contribution < -0.4 is 10.6 Å². The van der Waals surface area contributed by atoms with Crippen LogP contribution in [0.3, 0.4) is 0 Å². The minimum Gasteiger partial charge on any atom is -0.467 e. The highest BCUT2D eigenvalue weighted by Gasteiger charge is 2.38. The molecule has 31 heavy (non-hydrogen) atoms. The highest BCUT2D eigenvalue weighted by Crippen LogP contribution is 2.33. The van der Waals surface area contributed by atoms with Gasteiger partial charge in [0, 0.05) is 24.6 Å². The number of carbonyl (C=O) groups excluding carboxylic acids is 3. The van der Waals surface area contributed by atoms with Crippen LogP contribution in [0.2, 0.25) is 0 Å². The Morgan fingerprint density at radius 2 is 1.77 bits per heavy atom. The lowest BCUT2D eigenvalue weighted by Crippen LogP contribution is -2.53. The maximum atomic E-state index is 13.2. The van der Waals surface area contributed by atoms with Gasteiger partial charge in [0.1, 0.15) is 17.6 Å². The van der Waals surface area contributed by atoms with Gasteiger partial charge in [-0.2, -0.15) is 0 Å². The molecule has 1 aromatic carbocycles. The Morgan fingerprint density at radius 1 is 1.06 bits per heavy atom. The number of rotatable bonds is 7. The van der Waals surface area contributed by atoms with Crippen LogP contribution in [0.4, 0.5) is 4.39 Å². The second kappa shape index (κ2) is 9.32. The lowest BCUT2D eigenvalue weighted by atomic mass is 9.88. The molecule has 7 nitrogen and oxygen atoms in total. The quantitative estimate of drug-likeness (QED) is 0.710. The van der Waals surface area contributed by atoms with E-state index in [-0.39, 0.29) is 35.8 Å². The second-order valence-corrected chi connectivity index (χ2v) is 8.19. The van der Waals surface area contributed by atoms with Gasteiger partial charge in [0.15, 0.2) is 0 Å². The second-order valence-electron chi connectivity index (χ2n) is 8.19. The van der Waals surface area contributed by atoms with Gasteiger partial charge in [0.2, 0.25) is 11.8 Å². The van der Waals surface area contributed by atoms with Crippen LogP contribution in [0.5, 0.6) is 0 Å². The summed E-state index contributed by atoms with van der Waals surface area (Å²) in [5.74, 6) is -0.300. The molecule has 0 bridgehead atoms. The molecule has 2 aliphatic rings. The Bertz CT molecular complexity index is 917. The summed E-state index contributed by atoms with van der Waals surface area (Å²) < 4.78 is 18.5. The third kappa shape index (κ3) is 5.31. The summed E-state index contributed by atoms with van der Waals surface area (Å²) in [6.07, 6.45) is 4.71. The first-order valence-electron chi connectivity index (χ1n) is 10.7. The zero-order valence-electron chi connectivity index (χ0n) is 17.2. The maximum absolute atomic E-state index is 13.2. The van der Waals surface area contributed by atoms with Crippen molar-refractivity contribution in [2.24, 2.45) is 11.8 Å². The van der Waals surface area contributed by atoms with Crippen molar-refractivity contribution in [2.75, 3.05) is 13.1 Å². The first-order chi connectivity index (χ1) is 15.0. The summed E-state index contributed by atoms with van der Waals surface area (Å²) in [5, 5.41) is 5.65. The molecular weight excluding hydrogens is 401 g/mol. The Labute approximate surface area is 180 Å². The van der Waals surface area contributed by atoms with Crippen LogP contribution in [0.1, 0.15) is 41.8 Å². The molecule has 1 aromatic heterocycles. The average Bonchev–Trinajstić information content (AvgIpc) is 3.51. The molecule has 2 N–H and O–H groups in total. The number of hydrogen-bond acceptors (Lipinski definition) is 4. The van der Waals surface area contributed by atoms with E-state index >= 15 is 0 Å². The molecule has 1 aliphatic carbocycles. The van der Waals surface area contributed by atoms with Crippen molar-refractivity contribution in [3.63, 3.8) is 0 Å². The number of nitrogens with one attached hydrogen (secondary N) is 2. The van der Waals surface area contributed by atoms with Crippen molar-refractivity contribution < 1.29 is 23.2 Å². The lowest BCUT2D eigenvalue weighted by Gasteiger charge is -2.36. The van der Waals surface area contributed by atoms with Crippen molar-refractivity contribution in [3.05, 3.63) is 59.8 Å². The topological polar surface area (TPSA) is 91.7 Å². The van der Waals surface area contributed by atoms with Gasteiger partial charge >= 0.3 is 0 Å². The third-order valence-electron chi connectivity index (χ3n) is 5.94. The number of amides is 3. The van der Waals surface area contributed by atoms with Gasteiger partial charge in [0.05, 0.1) is 12.8 Å². The monoisotopic (exact) mass is 427 g/mol. The summed E-state index contributed by atoms with van der Waals surface area (Å²) in [5.41, 5.74) is 0.284. The van der Waals surface area contributed by atoms with Gasteiger partial charge < -0.3 is 20.0 Å². The van der Waals surface area contributed by atoms with E-state index in [1.807, 2.05) is 4.90 Å². The molecule has 2 heterocycles. The fraction of sp³-hybridized carbons (Fsp3) is 0.435. The van der Waals surface area contributed by atoms with E-state index in [0.717, 1.165) is 12.8 Å². The molecule has 8 heteroatoms. The molecule has 0 radical (unpaired) electrons. The highest BCUT2D eigenvalue weighted by molar-refractivity contribution is 5.97. The molecule has 1 atom stereocenters. The lowest BCUT2D eigenvalue weighted by molar-refractivity contribution is -0.134. The van der Waals surface area contributed by atoms with E-state index < -0.39 is 17.8 Å². The normalized spacial score (nSPS) is 17.8. The molecule has 1 aliphatic heterocycles. The highest BCUT2D eigenvalue weighted by atomic mass is 19.1. The molecular formula is C23H26FN3O4. The maximum Gasteiger partial charge on any atom is 0.251 e. The van der Waals surface area contributed by atoms with Crippen LogP contribution in [-0.4, -0.2) is 41.8 Å². The fourth-order valence-corrected chi connectivity index (χ4v) is 3.96. The molecule has 1 saturated heterocycles. The van der Waals surface area contributed by atoms with Crippen molar-refractivity contribution >= 4 is 17.7 Å². The van der Waals surface area contributed by atoms with Crippen molar-refractivity contribution in [1.82, 2.24) is 15.5 Å². The third-order valence-corrected chi connectivity index (χ3v) is 5.94. The van der Waals surface area contributed by atoms with Crippen molar-refractivity contribution in [2.45, 2.75) is 38.3 Å². The van der Waals surface area contributed by atoms with Crippen LogP contribution in [-0.2, 0) is 16.1 Å². The van der Waals surface area contributed by atoms with Gasteiger partial charge in [0.25, 0.3) is 5.91 Å². The summed E-state index contributed by atoms with van der Waals surface area (Å²) >= 11 is 0. The van der Waals surface area contributed by atoms with Crippen molar-refractivity contribution in [3.8, 4) is 0 Å². The van der Waals surface area contributed by atoms with Gasteiger partial charge in [-0.25, -0.2) is 4.39 Å². The fourth-order valence-electron chi connectivity index (χ4n) is 3.96. The molecule has 1 unspecified atom stereocenters. The largest absolute Gasteiger partial charge is 0.467 e. The minimum atomic E-state index is -0.759. The summed E-state index contributed by atoms with van der Waals surface area (Å²) in [7, 11) is 0. The van der Waals surface area contributed by atoms with E-state index in [4.69, 9.17) is 4.42 Å². The zero-order chi connectivity index (χ0) is 21.8. The summed E-state index contributed by atoms with van der Waals surface area (Å²) in [4.78, 5) is 39.9. The molecule has 0 spiro atoms. The Kier molecular flexibility index (Phi) is 6.34. The van der Waals surface area contributed by atoms with E-state index in [0.29, 0.717) is 31.7 Å². The number of hydrogen-bond donors (Lipinski definition) is 2. The molecule has 2 aromatic rings. The smallest absolute Gasteiger partial charge is 0.251 e. The van der Waals surface area contributed by atoms with Crippen LogP contribution in [0.25, 0.3) is 0 Å². The van der Waals surface area contributed by atoms with Gasteiger partial charge in [-0.3, -0.25) is 14.4 Å². The minimum absolute atomic E-state index is 0.107. The van der Waals surface area contributed by atoms with E-state index in [2.05, 4.69) is 10.6 Å². The number of piperidine rings is 1. The first kappa shape index (κ1) is 21.1. The molecule has 1 saturated carbocycles. The van der Waals surface area contributed by atoms with Crippen LogP contribution >= 0.6 is 0 Å². The molecule has 4 rings (SSSR count). The molecule has 164 valence electrons. The predicted molar refractivity (Wildman–Crippen MR) is 110 cm³/mol. The van der Waals surface area contributed by atoms with Crippen LogP contribution in [0, 0.1) is 17.7 Å². The van der Waals surface area contributed by atoms with E-state index in [9.17, 15) is 18.8 Å². The average molecular weight is 427 g/mol. The van der Waals surface area contributed by atoms with E-state index in [1.54, 1.807) is 12.1 Å². The predicted octanol–water partition coefficient (Wildman–Crippen LogP) is 2.48. The number of likely N-dealkylation sites (tertiary alicyclic amines) is 1. The number of benzene rings is 1. The van der Waals surface area contributed by atoms with Crippen LogP contribution in [0.15, 0.2) is 47.1 Å². The standard InChI is InChI=1S/C23H26FN3O4/c24-18-7-5-16(6-8-18)21(28)26-20(22(29)25-14-19-2-1-13-31-19)15-9-11-27(12-10-15)23(30)17-3-4-17/h1-2,5-8,13,15,17,20H,3-4,9-12,14H2,(H,25,29)(H,26,28). The summed E-state index contributed by atoms with van der Waals surface area (Å²) in [6.45, 7) is 1.37. The van der Waals surface area contributed by atoms with Gasteiger partial charge in [-0.05, 0) is 68.0 Å².